The lowest BCUT2D eigenvalue weighted by Crippen LogP contribution is -2.42. The van der Waals surface area contributed by atoms with Crippen LogP contribution in [0.25, 0.3) is 0 Å². The van der Waals surface area contributed by atoms with Crippen molar-refractivity contribution in [2.24, 2.45) is 5.92 Å². The highest BCUT2D eigenvalue weighted by atomic mass is 79.9. The quantitative estimate of drug-likeness (QED) is 0.896. The van der Waals surface area contributed by atoms with E-state index in [1.165, 1.54) is 0 Å². The standard InChI is InChI=1S/C12H17BrFNS/c1-12(14,9-3-2-5-15-8-9)7-11-10(13)4-6-16-11/h4,6,9,15H,2-3,5,7-8H2,1H3. The molecule has 1 aliphatic rings. The number of thiophene rings is 1. The summed E-state index contributed by atoms with van der Waals surface area (Å²) in [5, 5.41) is 5.30. The van der Waals surface area contributed by atoms with E-state index >= 15 is 0 Å². The lowest BCUT2D eigenvalue weighted by molar-refractivity contribution is 0.0840. The van der Waals surface area contributed by atoms with E-state index in [-0.39, 0.29) is 5.92 Å². The summed E-state index contributed by atoms with van der Waals surface area (Å²) in [5.74, 6) is 0.148. The molecular formula is C12H17BrFNS. The van der Waals surface area contributed by atoms with E-state index in [2.05, 4.69) is 21.2 Å². The Morgan fingerprint density at radius 1 is 1.69 bits per heavy atom. The van der Waals surface area contributed by atoms with Crippen molar-refractivity contribution in [2.75, 3.05) is 13.1 Å². The Kier molecular flexibility index (Phi) is 4.03. The second-order valence-corrected chi connectivity index (χ2v) is 6.54. The average molecular weight is 306 g/mol. The van der Waals surface area contributed by atoms with E-state index in [1.54, 1.807) is 18.3 Å². The molecular weight excluding hydrogens is 289 g/mol. The molecule has 2 heterocycles. The van der Waals surface area contributed by atoms with E-state index in [4.69, 9.17) is 0 Å². The van der Waals surface area contributed by atoms with Gasteiger partial charge in [-0.3, -0.25) is 0 Å². The Labute approximate surface area is 109 Å². The van der Waals surface area contributed by atoms with Crippen molar-refractivity contribution >= 4 is 27.3 Å². The van der Waals surface area contributed by atoms with E-state index in [1.807, 2.05) is 11.4 Å². The van der Waals surface area contributed by atoms with Crippen LogP contribution in [0.3, 0.4) is 0 Å². The van der Waals surface area contributed by atoms with Crippen molar-refractivity contribution in [1.29, 1.82) is 0 Å². The van der Waals surface area contributed by atoms with Gasteiger partial charge in [-0.15, -0.1) is 11.3 Å². The van der Waals surface area contributed by atoms with Crippen LogP contribution in [-0.4, -0.2) is 18.8 Å². The highest BCUT2D eigenvalue weighted by molar-refractivity contribution is 9.10. The molecule has 0 aromatic carbocycles. The summed E-state index contributed by atoms with van der Waals surface area (Å²) in [5.41, 5.74) is -1.10. The monoisotopic (exact) mass is 305 g/mol. The van der Waals surface area contributed by atoms with Gasteiger partial charge in [-0.05, 0) is 53.7 Å². The van der Waals surface area contributed by atoms with Crippen molar-refractivity contribution in [2.45, 2.75) is 31.9 Å². The van der Waals surface area contributed by atoms with Crippen LogP contribution in [0.5, 0.6) is 0 Å². The third kappa shape index (κ3) is 2.84. The molecule has 0 bridgehead atoms. The van der Waals surface area contributed by atoms with Gasteiger partial charge in [-0.25, -0.2) is 4.39 Å². The van der Waals surface area contributed by atoms with Crippen LogP contribution >= 0.6 is 27.3 Å². The summed E-state index contributed by atoms with van der Waals surface area (Å²) in [6.07, 6.45) is 2.62. The predicted octanol–water partition coefficient (Wildman–Crippen LogP) is 3.78. The van der Waals surface area contributed by atoms with Gasteiger partial charge in [0.15, 0.2) is 0 Å². The van der Waals surface area contributed by atoms with Crippen LogP contribution < -0.4 is 5.32 Å². The Morgan fingerprint density at radius 3 is 3.06 bits per heavy atom. The van der Waals surface area contributed by atoms with Crippen LogP contribution in [0.1, 0.15) is 24.6 Å². The molecule has 1 fully saturated rings. The van der Waals surface area contributed by atoms with Crippen LogP contribution in [0, 0.1) is 5.92 Å². The molecule has 1 saturated heterocycles. The number of hydrogen-bond donors (Lipinski definition) is 1. The molecule has 2 rings (SSSR count). The predicted molar refractivity (Wildman–Crippen MR) is 70.8 cm³/mol. The molecule has 1 aromatic rings. The second kappa shape index (κ2) is 5.15. The van der Waals surface area contributed by atoms with Gasteiger partial charge >= 0.3 is 0 Å². The van der Waals surface area contributed by atoms with Gasteiger partial charge in [0.25, 0.3) is 0 Å². The highest BCUT2D eigenvalue weighted by Crippen LogP contribution is 2.35. The number of piperidine rings is 1. The number of nitrogens with one attached hydrogen (secondary N) is 1. The topological polar surface area (TPSA) is 12.0 Å². The number of hydrogen-bond acceptors (Lipinski definition) is 2. The zero-order valence-electron chi connectivity index (χ0n) is 9.43. The van der Waals surface area contributed by atoms with Gasteiger partial charge in [0, 0.05) is 28.2 Å². The third-order valence-corrected chi connectivity index (χ3v) is 5.27. The molecule has 90 valence electrons. The fourth-order valence-electron chi connectivity index (χ4n) is 2.28. The molecule has 0 amide bonds. The normalized spacial score (nSPS) is 25.3. The lowest BCUT2D eigenvalue weighted by Gasteiger charge is -2.33. The Morgan fingerprint density at radius 2 is 2.50 bits per heavy atom. The minimum absolute atomic E-state index is 0.148. The fraction of sp³-hybridized carbons (Fsp3) is 0.667. The van der Waals surface area contributed by atoms with E-state index < -0.39 is 5.67 Å². The molecule has 4 heteroatoms. The van der Waals surface area contributed by atoms with E-state index in [0.717, 1.165) is 35.3 Å². The van der Waals surface area contributed by atoms with E-state index in [9.17, 15) is 4.39 Å². The van der Waals surface area contributed by atoms with Crippen molar-refractivity contribution in [3.05, 3.63) is 20.8 Å². The molecule has 1 nitrogen and oxygen atoms in total. The van der Waals surface area contributed by atoms with Gasteiger partial charge in [0.2, 0.25) is 0 Å². The first-order valence-electron chi connectivity index (χ1n) is 5.71. The number of alkyl halides is 1. The largest absolute Gasteiger partial charge is 0.316 e. The van der Waals surface area contributed by atoms with Gasteiger partial charge < -0.3 is 5.32 Å². The summed E-state index contributed by atoms with van der Waals surface area (Å²) in [6, 6.07) is 2.00. The molecule has 0 aliphatic carbocycles. The summed E-state index contributed by atoms with van der Waals surface area (Å²) < 4.78 is 15.7. The molecule has 0 radical (unpaired) electrons. The van der Waals surface area contributed by atoms with Gasteiger partial charge in [0.05, 0.1) is 0 Å². The van der Waals surface area contributed by atoms with Crippen molar-refractivity contribution in [3.8, 4) is 0 Å². The number of halogens is 2. The van der Waals surface area contributed by atoms with E-state index in [0.29, 0.717) is 6.42 Å². The SMILES string of the molecule is CC(F)(Cc1sccc1Br)C1CCCNC1. The Hall–Kier alpha value is 0.0700. The van der Waals surface area contributed by atoms with Crippen LogP contribution in [0.15, 0.2) is 15.9 Å². The summed E-state index contributed by atoms with van der Waals surface area (Å²) in [6.45, 7) is 3.60. The second-order valence-electron chi connectivity index (χ2n) is 4.69. The average Bonchev–Trinajstić information content (AvgIpc) is 2.65. The molecule has 1 aliphatic heterocycles. The van der Waals surface area contributed by atoms with Gasteiger partial charge in [-0.2, -0.15) is 0 Å². The highest BCUT2D eigenvalue weighted by Gasteiger charge is 2.35. The molecule has 16 heavy (non-hydrogen) atoms. The smallest absolute Gasteiger partial charge is 0.117 e. The minimum atomic E-state index is -1.10. The third-order valence-electron chi connectivity index (χ3n) is 3.35. The zero-order chi connectivity index (χ0) is 11.6. The first-order valence-corrected chi connectivity index (χ1v) is 7.38. The molecule has 2 unspecified atom stereocenters. The lowest BCUT2D eigenvalue weighted by atomic mass is 9.82. The van der Waals surface area contributed by atoms with Gasteiger partial charge in [-0.1, -0.05) is 0 Å². The molecule has 2 atom stereocenters. The van der Waals surface area contributed by atoms with Crippen LogP contribution in [0.4, 0.5) is 4.39 Å². The maximum atomic E-state index is 14.7. The van der Waals surface area contributed by atoms with Crippen molar-refractivity contribution < 1.29 is 4.39 Å². The summed E-state index contributed by atoms with van der Waals surface area (Å²) in [7, 11) is 0. The maximum absolute atomic E-state index is 14.7. The van der Waals surface area contributed by atoms with Gasteiger partial charge in [0.1, 0.15) is 5.67 Å². The minimum Gasteiger partial charge on any atom is -0.316 e. The van der Waals surface area contributed by atoms with Crippen LogP contribution in [-0.2, 0) is 6.42 Å². The first-order chi connectivity index (χ1) is 7.59. The molecule has 1 N–H and O–H groups in total. The molecule has 1 aromatic heterocycles. The zero-order valence-corrected chi connectivity index (χ0v) is 11.8. The maximum Gasteiger partial charge on any atom is 0.117 e. The van der Waals surface area contributed by atoms with Crippen molar-refractivity contribution in [1.82, 2.24) is 5.32 Å². The first kappa shape index (κ1) is 12.5. The van der Waals surface area contributed by atoms with Crippen LogP contribution in [0.2, 0.25) is 0 Å². The number of rotatable bonds is 3. The summed E-state index contributed by atoms with van der Waals surface area (Å²) in [4.78, 5) is 1.12. The molecule has 0 spiro atoms. The Balaban J connectivity index is 2.04. The van der Waals surface area contributed by atoms with Crippen molar-refractivity contribution in [3.63, 3.8) is 0 Å². The Bertz CT molecular complexity index is 345. The molecule has 0 saturated carbocycles. The summed E-state index contributed by atoms with van der Waals surface area (Å²) >= 11 is 5.10. The fourth-order valence-corrected chi connectivity index (χ4v) is 3.92.